The standard InChI is InChI=1S/C16H16Se/c1-3-7-13(8-4-1)15-11-17-12-16(15)14-9-5-2-6-10-14/h1-3,5,7,9,11-12H,4,6,8,10H2. The molecule has 3 rings (SSSR count). The molecule has 0 radical (unpaired) electrons. The fourth-order valence-corrected chi connectivity index (χ4v) is 4.33. The van der Waals surface area contributed by atoms with Crippen LogP contribution in [0.3, 0.4) is 0 Å². The van der Waals surface area contributed by atoms with Crippen molar-refractivity contribution < 1.29 is 0 Å². The van der Waals surface area contributed by atoms with E-state index in [1.54, 1.807) is 0 Å². The average molecular weight is 287 g/mol. The van der Waals surface area contributed by atoms with Crippen LogP contribution in [0.1, 0.15) is 36.8 Å². The summed E-state index contributed by atoms with van der Waals surface area (Å²) < 4.78 is 0. The van der Waals surface area contributed by atoms with Gasteiger partial charge in [-0.05, 0) is 0 Å². The fraction of sp³-hybridized carbons (Fsp3) is 0.250. The van der Waals surface area contributed by atoms with E-state index < -0.39 is 0 Å². The second-order valence-corrected chi connectivity index (χ2v) is 6.08. The van der Waals surface area contributed by atoms with Gasteiger partial charge in [0.2, 0.25) is 0 Å². The molecule has 2 aliphatic rings. The summed E-state index contributed by atoms with van der Waals surface area (Å²) in [6.45, 7) is 0. The molecule has 0 N–H and O–H groups in total. The maximum absolute atomic E-state index is 2.45. The van der Waals surface area contributed by atoms with Crippen LogP contribution in [0.2, 0.25) is 0 Å². The Labute approximate surface area is 109 Å². The van der Waals surface area contributed by atoms with Gasteiger partial charge in [-0.25, -0.2) is 0 Å². The van der Waals surface area contributed by atoms with Gasteiger partial charge in [0.1, 0.15) is 0 Å². The SMILES string of the molecule is C1=CCCC(c2c[se]cc2C2=CC=CCC2)=C1. The molecule has 1 heterocycles. The second-order valence-electron chi connectivity index (χ2n) is 4.52. The molecule has 0 atom stereocenters. The summed E-state index contributed by atoms with van der Waals surface area (Å²) in [4.78, 5) is 4.90. The van der Waals surface area contributed by atoms with Crippen molar-refractivity contribution in [1.82, 2.24) is 0 Å². The monoisotopic (exact) mass is 288 g/mol. The van der Waals surface area contributed by atoms with Gasteiger partial charge >= 0.3 is 109 Å². The number of hydrogen-bond acceptors (Lipinski definition) is 0. The Bertz CT molecular complexity index is 477. The van der Waals surface area contributed by atoms with Gasteiger partial charge in [0, 0.05) is 0 Å². The van der Waals surface area contributed by atoms with Crippen LogP contribution in [-0.2, 0) is 0 Å². The van der Waals surface area contributed by atoms with E-state index in [2.05, 4.69) is 46.3 Å². The molecular formula is C16H16Se. The van der Waals surface area contributed by atoms with Crippen LogP contribution in [0.15, 0.2) is 46.3 Å². The summed E-state index contributed by atoms with van der Waals surface area (Å²) in [7, 11) is 0. The number of rotatable bonds is 2. The van der Waals surface area contributed by atoms with Crippen molar-refractivity contribution in [3.8, 4) is 0 Å². The van der Waals surface area contributed by atoms with Crippen molar-refractivity contribution >= 4 is 25.6 Å². The Morgan fingerprint density at radius 1 is 0.765 bits per heavy atom. The Balaban J connectivity index is 1.99. The molecule has 17 heavy (non-hydrogen) atoms. The van der Waals surface area contributed by atoms with E-state index in [0.717, 1.165) is 0 Å². The summed E-state index contributed by atoms with van der Waals surface area (Å²) in [6.07, 6.45) is 18.3. The normalized spacial score (nSPS) is 19.1. The van der Waals surface area contributed by atoms with Crippen LogP contribution >= 0.6 is 0 Å². The molecular weight excluding hydrogens is 271 g/mol. The summed E-state index contributed by atoms with van der Waals surface area (Å²) in [6, 6.07) is 0. The first-order valence-electron chi connectivity index (χ1n) is 6.23. The van der Waals surface area contributed by atoms with E-state index in [9.17, 15) is 0 Å². The van der Waals surface area contributed by atoms with Crippen molar-refractivity contribution in [2.75, 3.05) is 0 Å². The van der Waals surface area contributed by atoms with Crippen LogP contribution in [0.25, 0.3) is 11.1 Å². The molecule has 1 aromatic rings. The first-order chi connectivity index (χ1) is 8.45. The quantitative estimate of drug-likeness (QED) is 0.715. The van der Waals surface area contributed by atoms with Gasteiger partial charge in [-0.1, -0.05) is 0 Å². The number of allylic oxidation sites excluding steroid dienone is 8. The Hall–Kier alpha value is -1.04. The predicted molar refractivity (Wildman–Crippen MR) is 76.1 cm³/mol. The average Bonchev–Trinajstić information content (AvgIpc) is 2.90. The Morgan fingerprint density at radius 2 is 1.29 bits per heavy atom. The van der Waals surface area contributed by atoms with Gasteiger partial charge in [-0.15, -0.1) is 0 Å². The topological polar surface area (TPSA) is 0 Å². The summed E-state index contributed by atoms with van der Waals surface area (Å²) in [5, 5.41) is 0. The van der Waals surface area contributed by atoms with E-state index in [1.165, 1.54) is 48.0 Å². The van der Waals surface area contributed by atoms with Gasteiger partial charge in [-0.2, -0.15) is 0 Å². The van der Waals surface area contributed by atoms with Gasteiger partial charge in [0.05, 0.1) is 0 Å². The van der Waals surface area contributed by atoms with Crippen LogP contribution < -0.4 is 0 Å². The molecule has 0 aromatic carbocycles. The molecule has 86 valence electrons. The minimum absolute atomic E-state index is 0.564. The van der Waals surface area contributed by atoms with E-state index in [-0.39, 0.29) is 0 Å². The van der Waals surface area contributed by atoms with E-state index in [4.69, 9.17) is 0 Å². The zero-order valence-electron chi connectivity index (χ0n) is 9.86. The molecule has 0 saturated heterocycles. The van der Waals surface area contributed by atoms with Crippen molar-refractivity contribution in [2.24, 2.45) is 0 Å². The molecule has 0 aliphatic heterocycles. The molecule has 0 unspecified atom stereocenters. The molecule has 0 bridgehead atoms. The predicted octanol–water partition coefficient (Wildman–Crippen LogP) is 4.21. The number of hydrogen-bond donors (Lipinski definition) is 0. The minimum atomic E-state index is 0.564. The summed E-state index contributed by atoms with van der Waals surface area (Å²) in [5.74, 6) is 0. The molecule has 0 saturated carbocycles. The van der Waals surface area contributed by atoms with Crippen molar-refractivity contribution in [3.05, 3.63) is 57.5 Å². The van der Waals surface area contributed by atoms with Crippen molar-refractivity contribution in [2.45, 2.75) is 25.7 Å². The Morgan fingerprint density at radius 3 is 1.71 bits per heavy atom. The third-order valence-corrected chi connectivity index (χ3v) is 4.94. The molecule has 0 amide bonds. The third-order valence-electron chi connectivity index (χ3n) is 3.38. The van der Waals surface area contributed by atoms with E-state index in [0.29, 0.717) is 14.5 Å². The van der Waals surface area contributed by atoms with E-state index >= 15 is 0 Å². The van der Waals surface area contributed by atoms with E-state index in [1.807, 2.05) is 0 Å². The first kappa shape index (κ1) is 11.1. The second kappa shape index (κ2) is 5.08. The molecule has 2 aliphatic carbocycles. The van der Waals surface area contributed by atoms with Crippen LogP contribution in [0, 0.1) is 0 Å². The molecule has 0 nitrogen and oxygen atoms in total. The zero-order valence-corrected chi connectivity index (χ0v) is 11.6. The summed E-state index contributed by atoms with van der Waals surface area (Å²) in [5.41, 5.74) is 6.12. The summed E-state index contributed by atoms with van der Waals surface area (Å²) >= 11 is 0.564. The zero-order chi connectivity index (χ0) is 11.5. The van der Waals surface area contributed by atoms with Gasteiger partial charge in [0.25, 0.3) is 0 Å². The molecule has 0 spiro atoms. The Kier molecular flexibility index (Phi) is 3.31. The van der Waals surface area contributed by atoms with Crippen LogP contribution in [-0.4, -0.2) is 14.5 Å². The van der Waals surface area contributed by atoms with Gasteiger partial charge in [0.15, 0.2) is 0 Å². The molecule has 1 heteroatoms. The van der Waals surface area contributed by atoms with Crippen LogP contribution in [0.5, 0.6) is 0 Å². The van der Waals surface area contributed by atoms with Gasteiger partial charge in [-0.3, -0.25) is 0 Å². The van der Waals surface area contributed by atoms with Gasteiger partial charge < -0.3 is 0 Å². The molecule has 0 fully saturated rings. The molecule has 1 aromatic heterocycles. The van der Waals surface area contributed by atoms with Crippen molar-refractivity contribution in [1.29, 1.82) is 0 Å². The van der Waals surface area contributed by atoms with Crippen LogP contribution in [0.4, 0.5) is 0 Å². The maximum atomic E-state index is 2.45. The van der Waals surface area contributed by atoms with Crippen molar-refractivity contribution in [3.63, 3.8) is 0 Å². The first-order valence-corrected chi connectivity index (χ1v) is 8.21. The third kappa shape index (κ3) is 2.31. The fourth-order valence-electron chi connectivity index (χ4n) is 2.45.